The molecule has 1 saturated heterocycles. The molecular weight excluding hydrogens is 311 g/mol. The standard InChI is InChI=1S/C15H21ClN2O2.ClH/c1-18(11-12-4-3-5-13(16)10-12)14(19)15(20-2)6-8-17-9-7-15;/h3-5,10,17H,6-9,11H2,1-2H3;1H. The van der Waals surface area contributed by atoms with E-state index in [1.807, 2.05) is 31.3 Å². The minimum absolute atomic E-state index is 0. The Kier molecular flexibility index (Phi) is 6.94. The van der Waals surface area contributed by atoms with Crippen LogP contribution in [0.25, 0.3) is 0 Å². The molecule has 0 aromatic heterocycles. The van der Waals surface area contributed by atoms with Gasteiger partial charge in [0, 0.05) is 25.7 Å². The lowest BCUT2D eigenvalue weighted by molar-refractivity contribution is -0.157. The summed E-state index contributed by atoms with van der Waals surface area (Å²) in [6.45, 7) is 2.16. The molecule has 1 aliphatic rings. The molecule has 0 spiro atoms. The van der Waals surface area contributed by atoms with Gasteiger partial charge in [-0.15, -0.1) is 12.4 Å². The molecule has 1 aliphatic heterocycles. The highest BCUT2D eigenvalue weighted by Crippen LogP contribution is 2.25. The number of hydrogen-bond donors (Lipinski definition) is 1. The predicted molar refractivity (Wildman–Crippen MR) is 87.0 cm³/mol. The largest absolute Gasteiger partial charge is 0.368 e. The fourth-order valence-electron chi connectivity index (χ4n) is 2.66. The first-order chi connectivity index (χ1) is 9.57. The van der Waals surface area contributed by atoms with E-state index in [1.54, 1.807) is 12.0 Å². The van der Waals surface area contributed by atoms with Gasteiger partial charge in [0.2, 0.25) is 0 Å². The van der Waals surface area contributed by atoms with E-state index in [-0.39, 0.29) is 18.3 Å². The second-order valence-corrected chi connectivity index (χ2v) is 5.68. The van der Waals surface area contributed by atoms with Crippen molar-refractivity contribution in [3.63, 3.8) is 0 Å². The van der Waals surface area contributed by atoms with Crippen molar-refractivity contribution >= 4 is 29.9 Å². The third-order valence-electron chi connectivity index (χ3n) is 3.85. The van der Waals surface area contributed by atoms with E-state index in [4.69, 9.17) is 16.3 Å². The Bertz CT molecular complexity index is 476. The average Bonchev–Trinajstić information content (AvgIpc) is 2.47. The summed E-state index contributed by atoms with van der Waals surface area (Å²) in [6.07, 6.45) is 1.42. The van der Waals surface area contributed by atoms with Crippen LogP contribution in [0.4, 0.5) is 0 Å². The number of carbonyl (C=O) groups excluding carboxylic acids is 1. The van der Waals surface area contributed by atoms with Gasteiger partial charge in [0.1, 0.15) is 5.60 Å². The molecule has 2 rings (SSSR count). The summed E-state index contributed by atoms with van der Waals surface area (Å²) in [5.74, 6) is 0.0430. The normalized spacial score (nSPS) is 16.9. The molecule has 1 aromatic carbocycles. The number of nitrogens with zero attached hydrogens (tertiary/aromatic N) is 1. The lowest BCUT2D eigenvalue weighted by atomic mass is 9.90. The number of piperidine rings is 1. The molecule has 1 fully saturated rings. The minimum Gasteiger partial charge on any atom is -0.368 e. The molecule has 0 radical (unpaired) electrons. The third-order valence-corrected chi connectivity index (χ3v) is 4.08. The topological polar surface area (TPSA) is 41.6 Å². The molecule has 1 aromatic rings. The molecule has 118 valence electrons. The smallest absolute Gasteiger partial charge is 0.254 e. The quantitative estimate of drug-likeness (QED) is 0.920. The van der Waals surface area contributed by atoms with Crippen molar-refractivity contribution in [2.24, 2.45) is 0 Å². The fraction of sp³-hybridized carbons (Fsp3) is 0.533. The second-order valence-electron chi connectivity index (χ2n) is 5.24. The average molecular weight is 333 g/mol. The van der Waals surface area contributed by atoms with Gasteiger partial charge in [-0.05, 0) is 43.6 Å². The SMILES string of the molecule is COC1(C(=O)N(C)Cc2cccc(Cl)c2)CCNCC1.Cl. The zero-order valence-corrected chi connectivity index (χ0v) is 14.0. The van der Waals surface area contributed by atoms with E-state index in [0.717, 1.165) is 18.7 Å². The van der Waals surface area contributed by atoms with Crippen molar-refractivity contribution in [3.8, 4) is 0 Å². The van der Waals surface area contributed by atoms with Crippen LogP contribution in [0.3, 0.4) is 0 Å². The van der Waals surface area contributed by atoms with Gasteiger partial charge in [-0.3, -0.25) is 4.79 Å². The molecule has 0 aliphatic carbocycles. The maximum absolute atomic E-state index is 12.7. The highest BCUT2D eigenvalue weighted by molar-refractivity contribution is 6.30. The monoisotopic (exact) mass is 332 g/mol. The number of carbonyl (C=O) groups is 1. The number of halogens is 2. The van der Waals surface area contributed by atoms with E-state index in [1.165, 1.54) is 0 Å². The van der Waals surface area contributed by atoms with Gasteiger partial charge >= 0.3 is 0 Å². The van der Waals surface area contributed by atoms with Gasteiger partial charge in [-0.25, -0.2) is 0 Å². The van der Waals surface area contributed by atoms with Crippen LogP contribution in [0.15, 0.2) is 24.3 Å². The highest BCUT2D eigenvalue weighted by atomic mass is 35.5. The van der Waals surface area contributed by atoms with Crippen LogP contribution < -0.4 is 5.32 Å². The van der Waals surface area contributed by atoms with Crippen molar-refractivity contribution in [1.82, 2.24) is 10.2 Å². The fourth-order valence-corrected chi connectivity index (χ4v) is 2.88. The van der Waals surface area contributed by atoms with E-state index in [0.29, 0.717) is 24.4 Å². The molecule has 0 bridgehead atoms. The number of benzene rings is 1. The van der Waals surface area contributed by atoms with Crippen molar-refractivity contribution in [1.29, 1.82) is 0 Å². The Balaban J connectivity index is 0.00000220. The number of hydrogen-bond acceptors (Lipinski definition) is 3. The van der Waals surface area contributed by atoms with Crippen LogP contribution in [0.1, 0.15) is 18.4 Å². The molecule has 0 unspecified atom stereocenters. The van der Waals surface area contributed by atoms with E-state index >= 15 is 0 Å². The first kappa shape index (κ1) is 18.2. The van der Waals surface area contributed by atoms with Gasteiger partial charge in [-0.1, -0.05) is 23.7 Å². The van der Waals surface area contributed by atoms with Crippen LogP contribution in [0.5, 0.6) is 0 Å². The van der Waals surface area contributed by atoms with Crippen LogP contribution in [-0.2, 0) is 16.1 Å². The molecule has 21 heavy (non-hydrogen) atoms. The first-order valence-electron chi connectivity index (χ1n) is 6.83. The van der Waals surface area contributed by atoms with Crippen molar-refractivity contribution in [3.05, 3.63) is 34.9 Å². The van der Waals surface area contributed by atoms with Gasteiger partial charge in [0.15, 0.2) is 0 Å². The maximum Gasteiger partial charge on any atom is 0.254 e. The van der Waals surface area contributed by atoms with E-state index in [2.05, 4.69) is 5.32 Å². The third kappa shape index (κ3) is 4.33. The Labute approximate surface area is 137 Å². The molecule has 1 amide bonds. The number of rotatable bonds is 4. The van der Waals surface area contributed by atoms with Crippen molar-refractivity contribution in [2.45, 2.75) is 25.0 Å². The van der Waals surface area contributed by atoms with Crippen molar-refractivity contribution in [2.75, 3.05) is 27.2 Å². The first-order valence-corrected chi connectivity index (χ1v) is 7.21. The zero-order chi connectivity index (χ0) is 14.6. The molecule has 0 saturated carbocycles. The Morgan fingerprint density at radius 2 is 2.10 bits per heavy atom. The second kappa shape index (κ2) is 7.99. The zero-order valence-electron chi connectivity index (χ0n) is 12.4. The minimum atomic E-state index is -0.682. The summed E-state index contributed by atoms with van der Waals surface area (Å²) in [7, 11) is 3.43. The number of nitrogens with one attached hydrogen (secondary N) is 1. The highest BCUT2D eigenvalue weighted by Gasteiger charge is 2.41. The summed E-state index contributed by atoms with van der Waals surface area (Å²) < 4.78 is 5.57. The van der Waals surface area contributed by atoms with Crippen LogP contribution in [-0.4, -0.2) is 43.7 Å². The van der Waals surface area contributed by atoms with Crippen LogP contribution >= 0.6 is 24.0 Å². The summed E-state index contributed by atoms with van der Waals surface area (Å²) in [4.78, 5) is 14.4. The lowest BCUT2D eigenvalue weighted by Crippen LogP contribution is -2.54. The molecule has 0 atom stereocenters. The Morgan fingerprint density at radius 3 is 2.67 bits per heavy atom. The lowest BCUT2D eigenvalue weighted by Gasteiger charge is -2.37. The van der Waals surface area contributed by atoms with Gasteiger partial charge in [0.25, 0.3) is 5.91 Å². The summed E-state index contributed by atoms with van der Waals surface area (Å²) in [6, 6.07) is 7.58. The molecular formula is C15H22Cl2N2O2. The number of ether oxygens (including phenoxy) is 1. The van der Waals surface area contributed by atoms with E-state index < -0.39 is 5.60 Å². The number of methoxy groups -OCH3 is 1. The molecule has 4 nitrogen and oxygen atoms in total. The van der Waals surface area contributed by atoms with Crippen LogP contribution in [0, 0.1) is 0 Å². The summed E-state index contributed by atoms with van der Waals surface area (Å²) >= 11 is 5.97. The maximum atomic E-state index is 12.7. The summed E-state index contributed by atoms with van der Waals surface area (Å²) in [5, 5.41) is 3.94. The molecule has 1 heterocycles. The van der Waals surface area contributed by atoms with Crippen LogP contribution in [0.2, 0.25) is 5.02 Å². The predicted octanol–water partition coefficient (Wildman–Crippen LogP) is 2.49. The molecule has 6 heteroatoms. The number of amides is 1. The van der Waals surface area contributed by atoms with E-state index in [9.17, 15) is 4.79 Å². The summed E-state index contributed by atoms with van der Waals surface area (Å²) in [5.41, 5.74) is 0.340. The van der Waals surface area contributed by atoms with Gasteiger partial charge < -0.3 is 15.0 Å². The Morgan fingerprint density at radius 1 is 1.43 bits per heavy atom. The molecule has 1 N–H and O–H groups in total. The van der Waals surface area contributed by atoms with Crippen molar-refractivity contribution < 1.29 is 9.53 Å². The van der Waals surface area contributed by atoms with Gasteiger partial charge in [0.05, 0.1) is 0 Å². The number of likely N-dealkylation sites (N-methyl/N-ethyl adjacent to an activating group) is 1. The van der Waals surface area contributed by atoms with Gasteiger partial charge in [-0.2, -0.15) is 0 Å². The Hall–Kier alpha value is -0.810.